The number of nitriles is 1. The van der Waals surface area contributed by atoms with Gasteiger partial charge >= 0.3 is 0 Å². The average Bonchev–Trinajstić information content (AvgIpc) is 2.92. The van der Waals surface area contributed by atoms with E-state index in [9.17, 15) is 8.42 Å². The number of sulfonamides is 1. The first-order valence-corrected chi connectivity index (χ1v) is 9.10. The van der Waals surface area contributed by atoms with Crippen molar-refractivity contribution < 1.29 is 8.42 Å². The number of hydrogen-bond acceptors (Lipinski definition) is 5. The molecule has 0 aromatic carbocycles. The van der Waals surface area contributed by atoms with E-state index in [1.165, 1.54) is 4.31 Å². The van der Waals surface area contributed by atoms with Crippen molar-refractivity contribution >= 4 is 37.3 Å². The summed E-state index contributed by atoms with van der Waals surface area (Å²) in [5.74, 6) is 0. The van der Waals surface area contributed by atoms with Gasteiger partial charge in [-0.25, -0.2) is 8.42 Å². The number of hydrogen-bond donors (Lipinski definition) is 0. The first kappa shape index (κ1) is 16.1. The Balaban J connectivity index is 2.29. The molecule has 0 aliphatic carbocycles. The zero-order valence-corrected chi connectivity index (χ0v) is 14.2. The molecule has 2 rings (SSSR count). The van der Waals surface area contributed by atoms with Crippen molar-refractivity contribution in [1.82, 2.24) is 9.29 Å². The monoisotopic (exact) mass is 385 g/mol. The summed E-state index contributed by atoms with van der Waals surface area (Å²) in [7, 11) is -3.61. The molecule has 0 fully saturated rings. The Hall–Kier alpha value is -1.27. The smallest absolute Gasteiger partial charge is 0.252 e. The normalized spacial score (nSPS) is 11.5. The molecule has 5 nitrogen and oxygen atoms in total. The van der Waals surface area contributed by atoms with Crippen LogP contribution in [0.4, 0.5) is 0 Å². The third-order valence-corrected chi connectivity index (χ3v) is 6.63. The van der Waals surface area contributed by atoms with E-state index in [0.29, 0.717) is 0 Å². The van der Waals surface area contributed by atoms with E-state index in [1.807, 2.05) is 12.1 Å². The zero-order chi connectivity index (χ0) is 15.3. The van der Waals surface area contributed by atoms with Crippen molar-refractivity contribution in [3.63, 3.8) is 0 Å². The molecule has 110 valence electrons. The van der Waals surface area contributed by atoms with Crippen LogP contribution >= 0.6 is 27.3 Å². The molecule has 0 aliphatic heterocycles. The number of rotatable bonds is 6. The highest BCUT2D eigenvalue weighted by molar-refractivity contribution is 9.11. The summed E-state index contributed by atoms with van der Waals surface area (Å²) in [6.07, 6.45) is 3.40. The predicted molar refractivity (Wildman–Crippen MR) is 84.1 cm³/mol. The molecular formula is C13H12BrN3O2S2. The first-order chi connectivity index (χ1) is 10.0. The summed E-state index contributed by atoms with van der Waals surface area (Å²) in [6.45, 7) is 0.358. The average molecular weight is 386 g/mol. The minimum absolute atomic E-state index is 0.145. The minimum atomic E-state index is -3.61. The van der Waals surface area contributed by atoms with Crippen molar-refractivity contribution in [2.24, 2.45) is 0 Å². The fraction of sp³-hybridized carbons (Fsp3) is 0.231. The Morgan fingerprint density at radius 3 is 2.76 bits per heavy atom. The Morgan fingerprint density at radius 1 is 1.38 bits per heavy atom. The number of halogens is 1. The molecule has 2 heterocycles. The Kier molecular flexibility index (Phi) is 5.47. The van der Waals surface area contributed by atoms with Crippen LogP contribution in [0.1, 0.15) is 12.0 Å². The van der Waals surface area contributed by atoms with Crippen LogP contribution in [0.5, 0.6) is 0 Å². The van der Waals surface area contributed by atoms with Crippen LogP contribution in [-0.4, -0.2) is 24.3 Å². The third-order valence-electron chi connectivity index (χ3n) is 2.70. The second-order valence-corrected chi connectivity index (χ2v) is 8.79. The summed E-state index contributed by atoms with van der Waals surface area (Å²) >= 11 is 4.42. The lowest BCUT2D eigenvalue weighted by Crippen LogP contribution is -2.31. The molecule has 0 saturated heterocycles. The van der Waals surface area contributed by atoms with Gasteiger partial charge in [-0.15, -0.1) is 11.3 Å². The van der Waals surface area contributed by atoms with E-state index < -0.39 is 10.0 Å². The molecule has 2 aromatic heterocycles. The molecule has 2 aromatic rings. The summed E-state index contributed by atoms with van der Waals surface area (Å²) < 4.78 is 27.6. The van der Waals surface area contributed by atoms with Crippen LogP contribution in [0.15, 0.2) is 44.7 Å². The fourth-order valence-electron chi connectivity index (χ4n) is 1.72. The third kappa shape index (κ3) is 4.11. The molecule has 0 aliphatic rings. The Morgan fingerprint density at radius 2 is 2.19 bits per heavy atom. The van der Waals surface area contributed by atoms with Gasteiger partial charge in [0, 0.05) is 31.9 Å². The van der Waals surface area contributed by atoms with E-state index in [2.05, 4.69) is 20.9 Å². The summed E-state index contributed by atoms with van der Waals surface area (Å²) in [6, 6.07) is 8.81. The minimum Gasteiger partial charge on any atom is -0.264 e. The second-order valence-electron chi connectivity index (χ2n) is 4.17. The topological polar surface area (TPSA) is 74.1 Å². The molecule has 0 bridgehead atoms. The van der Waals surface area contributed by atoms with Gasteiger partial charge in [0.1, 0.15) is 4.21 Å². The lowest BCUT2D eigenvalue weighted by Gasteiger charge is -2.20. The molecule has 8 heteroatoms. The van der Waals surface area contributed by atoms with Crippen molar-refractivity contribution in [2.75, 3.05) is 6.54 Å². The Bertz CT molecular complexity index is 738. The summed E-state index contributed by atoms with van der Waals surface area (Å²) in [5.41, 5.74) is 0.787. The molecule has 0 amide bonds. The van der Waals surface area contributed by atoms with Crippen molar-refractivity contribution in [3.05, 3.63) is 46.0 Å². The summed E-state index contributed by atoms with van der Waals surface area (Å²) in [4.78, 5) is 3.99. The highest BCUT2D eigenvalue weighted by Crippen LogP contribution is 2.29. The van der Waals surface area contributed by atoms with Gasteiger partial charge in [-0.05, 0) is 39.7 Å². The molecular weight excluding hydrogens is 374 g/mol. The van der Waals surface area contributed by atoms with Crippen LogP contribution in [0.3, 0.4) is 0 Å². The maximum absolute atomic E-state index is 12.6. The van der Waals surface area contributed by atoms with E-state index in [4.69, 9.17) is 5.26 Å². The maximum Gasteiger partial charge on any atom is 0.252 e. The van der Waals surface area contributed by atoms with Crippen LogP contribution in [0.25, 0.3) is 0 Å². The van der Waals surface area contributed by atoms with E-state index in [0.717, 1.165) is 20.7 Å². The molecule has 0 saturated carbocycles. The molecule has 0 spiro atoms. The number of pyridine rings is 1. The van der Waals surface area contributed by atoms with Crippen LogP contribution in [0, 0.1) is 11.3 Å². The number of thiophene rings is 1. The number of aromatic nitrogens is 1. The van der Waals surface area contributed by atoms with Gasteiger partial charge < -0.3 is 0 Å². The Labute approximate surface area is 136 Å². The first-order valence-electron chi connectivity index (χ1n) is 6.05. The molecule has 0 N–H and O–H groups in total. The SMILES string of the molecule is N#CCCN(Cc1cccnc1)S(=O)(=O)c1ccc(Br)s1. The maximum atomic E-state index is 12.6. The zero-order valence-electron chi connectivity index (χ0n) is 10.9. The lowest BCUT2D eigenvalue weighted by molar-refractivity contribution is 0.414. The molecule has 0 atom stereocenters. The fourth-order valence-corrected chi connectivity index (χ4v) is 5.31. The highest BCUT2D eigenvalue weighted by atomic mass is 79.9. The van der Waals surface area contributed by atoms with Gasteiger partial charge in [0.25, 0.3) is 10.0 Å². The standard InChI is InChI=1S/C13H12BrN3O2S2/c14-12-4-5-13(20-12)21(18,19)17(8-2-6-15)10-11-3-1-7-16-9-11/h1,3-5,7,9H,2,8,10H2. The highest BCUT2D eigenvalue weighted by Gasteiger charge is 2.26. The molecule has 0 unspecified atom stereocenters. The van der Waals surface area contributed by atoms with Gasteiger partial charge in [-0.1, -0.05) is 6.07 Å². The number of nitrogens with zero attached hydrogens (tertiary/aromatic N) is 3. The van der Waals surface area contributed by atoms with Crippen LogP contribution in [0.2, 0.25) is 0 Å². The predicted octanol–water partition coefficient (Wildman–Crippen LogP) is 3.01. The lowest BCUT2D eigenvalue weighted by atomic mass is 10.3. The molecule has 0 radical (unpaired) electrons. The van der Waals surface area contributed by atoms with Crippen LogP contribution in [-0.2, 0) is 16.6 Å². The molecule has 21 heavy (non-hydrogen) atoms. The van der Waals surface area contributed by atoms with Crippen molar-refractivity contribution in [1.29, 1.82) is 5.26 Å². The van der Waals surface area contributed by atoms with E-state index >= 15 is 0 Å². The van der Waals surface area contributed by atoms with Gasteiger partial charge in [0.2, 0.25) is 0 Å². The van der Waals surface area contributed by atoms with E-state index in [1.54, 1.807) is 30.6 Å². The van der Waals surface area contributed by atoms with Crippen molar-refractivity contribution in [3.8, 4) is 6.07 Å². The largest absolute Gasteiger partial charge is 0.264 e. The van der Waals surface area contributed by atoms with Crippen LogP contribution < -0.4 is 0 Å². The second kappa shape index (κ2) is 7.13. The van der Waals surface area contributed by atoms with Gasteiger partial charge in [-0.2, -0.15) is 9.57 Å². The van der Waals surface area contributed by atoms with Gasteiger partial charge in [-0.3, -0.25) is 4.98 Å². The van der Waals surface area contributed by atoms with Gasteiger partial charge in [0.15, 0.2) is 0 Å². The van der Waals surface area contributed by atoms with E-state index in [-0.39, 0.29) is 23.7 Å². The van der Waals surface area contributed by atoms with Crippen molar-refractivity contribution in [2.45, 2.75) is 17.2 Å². The van der Waals surface area contributed by atoms with Gasteiger partial charge in [0.05, 0.1) is 9.86 Å². The quantitative estimate of drug-likeness (QED) is 0.765. The summed E-state index contributed by atoms with van der Waals surface area (Å²) in [5, 5.41) is 8.73.